The Morgan fingerprint density at radius 1 is 1.05 bits per heavy atom. The highest BCUT2D eigenvalue weighted by Crippen LogP contribution is 2.26. The molecule has 0 unspecified atom stereocenters. The van der Waals surface area contributed by atoms with Gasteiger partial charge in [-0.15, -0.1) is 0 Å². The van der Waals surface area contributed by atoms with Crippen molar-refractivity contribution in [3.8, 4) is 16.9 Å². The minimum atomic E-state index is -0.298. The number of hydrogen-bond donors (Lipinski definition) is 1. The minimum Gasteiger partial charge on any atom is -0.384 e. The molecule has 0 aliphatic carbocycles. The number of para-hydroxylation sites is 1. The van der Waals surface area contributed by atoms with Crippen LogP contribution in [0.5, 0.6) is 0 Å². The monoisotopic (exact) mass is 267 g/mol. The molecule has 0 bridgehead atoms. The highest BCUT2D eigenvalue weighted by Gasteiger charge is 2.12. The smallest absolute Gasteiger partial charge is 0.132 e. The average molecular weight is 267 g/mol. The van der Waals surface area contributed by atoms with E-state index in [0.29, 0.717) is 17.1 Å². The van der Waals surface area contributed by atoms with Crippen LogP contribution in [-0.4, -0.2) is 9.78 Å². The van der Waals surface area contributed by atoms with Crippen molar-refractivity contribution >= 4 is 5.82 Å². The molecular weight excluding hydrogens is 253 g/mol. The fourth-order valence-electron chi connectivity index (χ4n) is 2.14. The molecule has 0 saturated carbocycles. The quantitative estimate of drug-likeness (QED) is 0.771. The van der Waals surface area contributed by atoms with Crippen LogP contribution in [0, 0.1) is 12.7 Å². The molecule has 100 valence electrons. The van der Waals surface area contributed by atoms with E-state index in [4.69, 9.17) is 5.73 Å². The maximum Gasteiger partial charge on any atom is 0.132 e. The van der Waals surface area contributed by atoms with Crippen molar-refractivity contribution in [2.24, 2.45) is 0 Å². The van der Waals surface area contributed by atoms with Gasteiger partial charge in [-0.05, 0) is 31.2 Å². The van der Waals surface area contributed by atoms with Crippen molar-refractivity contribution in [1.82, 2.24) is 9.78 Å². The Hall–Kier alpha value is -2.62. The predicted octanol–water partition coefficient (Wildman–Crippen LogP) is 3.57. The molecule has 1 aromatic heterocycles. The summed E-state index contributed by atoms with van der Waals surface area (Å²) in [5.74, 6) is 0.181. The lowest BCUT2D eigenvalue weighted by Gasteiger charge is -2.03. The largest absolute Gasteiger partial charge is 0.384 e. The van der Waals surface area contributed by atoms with Crippen molar-refractivity contribution in [3.05, 3.63) is 66.0 Å². The van der Waals surface area contributed by atoms with Gasteiger partial charge in [0.05, 0.1) is 11.4 Å². The molecule has 0 fully saturated rings. The molecule has 3 aromatic rings. The lowest BCUT2D eigenvalue weighted by molar-refractivity contribution is 0.630. The molecule has 20 heavy (non-hydrogen) atoms. The first-order valence-corrected chi connectivity index (χ1v) is 6.32. The van der Waals surface area contributed by atoms with Gasteiger partial charge in [0.15, 0.2) is 0 Å². The number of nitrogens with zero attached hydrogens (tertiary/aromatic N) is 2. The van der Waals surface area contributed by atoms with Gasteiger partial charge in [-0.3, -0.25) is 0 Å². The first kappa shape index (κ1) is 12.4. The van der Waals surface area contributed by atoms with Crippen LogP contribution in [0.15, 0.2) is 54.6 Å². The second-order valence-corrected chi connectivity index (χ2v) is 4.69. The van der Waals surface area contributed by atoms with E-state index in [2.05, 4.69) is 5.10 Å². The summed E-state index contributed by atoms with van der Waals surface area (Å²) in [5, 5.41) is 4.40. The van der Waals surface area contributed by atoms with E-state index in [-0.39, 0.29) is 5.82 Å². The second kappa shape index (κ2) is 4.81. The third kappa shape index (κ3) is 2.16. The maximum absolute atomic E-state index is 13.9. The summed E-state index contributed by atoms with van der Waals surface area (Å²) in [6.07, 6.45) is 0. The molecule has 4 heteroatoms. The van der Waals surface area contributed by atoms with E-state index in [1.54, 1.807) is 22.9 Å². The van der Waals surface area contributed by atoms with Crippen molar-refractivity contribution in [3.63, 3.8) is 0 Å². The van der Waals surface area contributed by atoms with E-state index >= 15 is 0 Å². The van der Waals surface area contributed by atoms with Gasteiger partial charge < -0.3 is 5.73 Å². The summed E-state index contributed by atoms with van der Waals surface area (Å²) in [7, 11) is 0. The van der Waals surface area contributed by atoms with Gasteiger partial charge in [0.2, 0.25) is 0 Å². The topological polar surface area (TPSA) is 43.8 Å². The Balaban J connectivity index is 2.11. The van der Waals surface area contributed by atoms with Gasteiger partial charge in [-0.25, -0.2) is 9.07 Å². The molecule has 3 nitrogen and oxygen atoms in total. The number of halogens is 1. The van der Waals surface area contributed by atoms with Crippen LogP contribution in [0.3, 0.4) is 0 Å². The highest BCUT2D eigenvalue weighted by atomic mass is 19.1. The summed E-state index contributed by atoms with van der Waals surface area (Å²) >= 11 is 0. The van der Waals surface area contributed by atoms with E-state index in [0.717, 1.165) is 11.3 Å². The Labute approximate surface area is 116 Å². The van der Waals surface area contributed by atoms with Crippen LogP contribution < -0.4 is 5.73 Å². The zero-order valence-electron chi connectivity index (χ0n) is 11.0. The molecule has 0 amide bonds. The van der Waals surface area contributed by atoms with Crippen molar-refractivity contribution < 1.29 is 4.39 Å². The van der Waals surface area contributed by atoms with Gasteiger partial charge in [0, 0.05) is 11.6 Å². The van der Waals surface area contributed by atoms with Gasteiger partial charge in [0.25, 0.3) is 0 Å². The Morgan fingerprint density at radius 3 is 2.55 bits per heavy atom. The van der Waals surface area contributed by atoms with Gasteiger partial charge >= 0.3 is 0 Å². The third-order valence-corrected chi connectivity index (χ3v) is 3.14. The van der Waals surface area contributed by atoms with Crippen molar-refractivity contribution in [1.29, 1.82) is 0 Å². The SMILES string of the molecule is Cc1ccc(F)c(-c2cc(N)n(-c3ccccc3)n2)c1. The second-order valence-electron chi connectivity index (χ2n) is 4.69. The zero-order chi connectivity index (χ0) is 14.1. The number of nitrogens with two attached hydrogens (primary N) is 1. The molecule has 0 spiro atoms. The molecule has 0 aliphatic heterocycles. The molecular formula is C16H14FN3. The normalized spacial score (nSPS) is 10.7. The summed E-state index contributed by atoms with van der Waals surface area (Å²) in [4.78, 5) is 0. The lowest BCUT2D eigenvalue weighted by atomic mass is 10.1. The van der Waals surface area contributed by atoms with Crippen LogP contribution in [0.25, 0.3) is 16.9 Å². The van der Waals surface area contributed by atoms with Crippen LogP contribution in [0.1, 0.15) is 5.56 Å². The van der Waals surface area contributed by atoms with Gasteiger partial charge in [-0.1, -0.05) is 29.8 Å². The number of anilines is 1. The van der Waals surface area contributed by atoms with E-state index in [9.17, 15) is 4.39 Å². The molecule has 0 saturated heterocycles. The summed E-state index contributed by atoms with van der Waals surface area (Å²) in [6.45, 7) is 1.92. The number of hydrogen-bond acceptors (Lipinski definition) is 2. The van der Waals surface area contributed by atoms with Crippen LogP contribution in [-0.2, 0) is 0 Å². The number of aromatic nitrogens is 2. The van der Waals surface area contributed by atoms with Crippen molar-refractivity contribution in [2.75, 3.05) is 5.73 Å². The van der Waals surface area contributed by atoms with E-state index in [1.165, 1.54) is 6.07 Å². The Bertz CT molecular complexity index is 748. The number of rotatable bonds is 2. The van der Waals surface area contributed by atoms with Crippen LogP contribution in [0.4, 0.5) is 10.2 Å². The molecule has 2 N–H and O–H groups in total. The van der Waals surface area contributed by atoms with Gasteiger partial charge in [0.1, 0.15) is 11.6 Å². The van der Waals surface area contributed by atoms with Gasteiger partial charge in [-0.2, -0.15) is 5.10 Å². The standard InChI is InChI=1S/C16H14FN3/c1-11-7-8-14(17)13(9-11)15-10-16(18)20(19-15)12-5-3-2-4-6-12/h2-10H,18H2,1H3. The molecule has 0 aliphatic rings. The molecule has 0 atom stereocenters. The number of aryl methyl sites for hydroxylation is 1. The van der Waals surface area contributed by atoms with Crippen molar-refractivity contribution in [2.45, 2.75) is 6.92 Å². The average Bonchev–Trinajstić information content (AvgIpc) is 2.84. The summed E-state index contributed by atoms with van der Waals surface area (Å²) in [6, 6.07) is 16.2. The Kier molecular flexibility index (Phi) is 2.99. The predicted molar refractivity (Wildman–Crippen MR) is 78.1 cm³/mol. The van der Waals surface area contributed by atoms with E-state index < -0.39 is 0 Å². The number of benzene rings is 2. The Morgan fingerprint density at radius 2 is 1.80 bits per heavy atom. The fraction of sp³-hybridized carbons (Fsp3) is 0.0625. The molecule has 1 heterocycles. The molecule has 0 radical (unpaired) electrons. The number of nitrogen functional groups attached to an aromatic ring is 1. The molecule has 3 rings (SSSR count). The van der Waals surface area contributed by atoms with Crippen LogP contribution in [0.2, 0.25) is 0 Å². The van der Waals surface area contributed by atoms with Crippen LogP contribution >= 0.6 is 0 Å². The fourth-order valence-corrected chi connectivity index (χ4v) is 2.14. The zero-order valence-corrected chi connectivity index (χ0v) is 11.0. The maximum atomic E-state index is 13.9. The highest BCUT2D eigenvalue weighted by molar-refractivity contribution is 5.65. The van der Waals surface area contributed by atoms with E-state index in [1.807, 2.05) is 37.3 Å². The summed E-state index contributed by atoms with van der Waals surface area (Å²) in [5.41, 5.74) is 8.81. The summed E-state index contributed by atoms with van der Waals surface area (Å²) < 4.78 is 15.5. The molecule has 2 aromatic carbocycles. The lowest BCUT2D eigenvalue weighted by Crippen LogP contribution is -2.01. The first-order chi connectivity index (χ1) is 9.65. The first-order valence-electron chi connectivity index (χ1n) is 6.32. The third-order valence-electron chi connectivity index (χ3n) is 3.14. The minimum absolute atomic E-state index is 0.298.